The van der Waals surface area contributed by atoms with Gasteiger partial charge in [-0.15, -0.1) is 0 Å². The van der Waals surface area contributed by atoms with Gasteiger partial charge >= 0.3 is 0 Å². The first-order chi connectivity index (χ1) is 12.4. The molecule has 1 aromatic heterocycles. The summed E-state index contributed by atoms with van der Waals surface area (Å²) < 4.78 is 1.57. The molecular weight excluding hydrogens is 434 g/mol. The number of hydrogen-bond donors (Lipinski definition) is 0. The van der Waals surface area contributed by atoms with Crippen molar-refractivity contribution in [3.8, 4) is 0 Å². The summed E-state index contributed by atoms with van der Waals surface area (Å²) in [5.74, 6) is 0.556. The molecule has 0 amide bonds. The summed E-state index contributed by atoms with van der Waals surface area (Å²) in [7, 11) is 0. The van der Waals surface area contributed by atoms with Gasteiger partial charge in [-0.25, -0.2) is 4.98 Å². The van der Waals surface area contributed by atoms with Gasteiger partial charge in [0.05, 0.1) is 6.54 Å². The van der Waals surface area contributed by atoms with Gasteiger partial charge < -0.3 is 0 Å². The molecule has 0 aliphatic heterocycles. The van der Waals surface area contributed by atoms with Crippen LogP contribution in [0.25, 0.3) is 0 Å². The van der Waals surface area contributed by atoms with Gasteiger partial charge in [0.1, 0.15) is 0 Å². The summed E-state index contributed by atoms with van der Waals surface area (Å²) in [6, 6.07) is 11.9. The molecule has 3 nitrogen and oxygen atoms in total. The number of benzene rings is 2. The molecule has 0 aliphatic carbocycles. The molecular formula is C18H12Cl4N2OS. The van der Waals surface area contributed by atoms with Crippen molar-refractivity contribution in [1.29, 1.82) is 0 Å². The molecule has 0 atom stereocenters. The molecule has 8 heteroatoms. The lowest BCUT2D eigenvalue weighted by molar-refractivity contribution is 0.645. The van der Waals surface area contributed by atoms with Gasteiger partial charge in [-0.05, 0) is 35.4 Å². The highest BCUT2D eigenvalue weighted by Crippen LogP contribution is 2.28. The Labute approximate surface area is 174 Å². The second kappa shape index (κ2) is 8.68. The Morgan fingerprint density at radius 2 is 1.50 bits per heavy atom. The molecule has 0 fully saturated rings. The molecule has 0 unspecified atom stereocenters. The standard InChI is InChI=1S/C18H12Cl4N2OS/c19-13-3-1-11(15(21)7-13)9-24-17(25)5-6-23-18(24)26-10-12-2-4-14(20)8-16(12)22/h1-8H,9-10H2. The van der Waals surface area contributed by atoms with Crippen LogP contribution in [0.15, 0.2) is 58.6 Å². The van der Waals surface area contributed by atoms with Crippen LogP contribution in [0, 0.1) is 0 Å². The van der Waals surface area contributed by atoms with Crippen LogP contribution in [0.1, 0.15) is 11.1 Å². The van der Waals surface area contributed by atoms with E-state index in [0.717, 1.165) is 11.1 Å². The predicted molar refractivity (Wildman–Crippen MR) is 110 cm³/mol. The van der Waals surface area contributed by atoms with Crippen LogP contribution in [0.2, 0.25) is 20.1 Å². The number of halogens is 4. The zero-order valence-electron chi connectivity index (χ0n) is 13.3. The van der Waals surface area contributed by atoms with Gasteiger partial charge in [-0.1, -0.05) is 70.3 Å². The van der Waals surface area contributed by atoms with Crippen molar-refractivity contribution < 1.29 is 0 Å². The molecule has 0 N–H and O–H groups in total. The molecule has 0 bridgehead atoms. The summed E-state index contributed by atoms with van der Waals surface area (Å²) >= 11 is 25.7. The van der Waals surface area contributed by atoms with Crippen molar-refractivity contribution in [3.63, 3.8) is 0 Å². The van der Waals surface area contributed by atoms with E-state index in [2.05, 4.69) is 4.98 Å². The van der Waals surface area contributed by atoms with Crippen molar-refractivity contribution in [3.05, 3.63) is 90.2 Å². The molecule has 2 aromatic carbocycles. The Morgan fingerprint density at radius 1 is 0.885 bits per heavy atom. The molecule has 0 saturated heterocycles. The lowest BCUT2D eigenvalue weighted by Gasteiger charge is -2.13. The van der Waals surface area contributed by atoms with Crippen LogP contribution < -0.4 is 5.56 Å². The topological polar surface area (TPSA) is 34.9 Å². The molecule has 3 aromatic rings. The molecule has 0 saturated carbocycles. The van der Waals surface area contributed by atoms with E-state index in [0.29, 0.717) is 37.5 Å². The van der Waals surface area contributed by atoms with Crippen LogP contribution in [-0.2, 0) is 12.3 Å². The zero-order valence-corrected chi connectivity index (χ0v) is 17.1. The van der Waals surface area contributed by atoms with Crippen LogP contribution in [0.5, 0.6) is 0 Å². The maximum atomic E-state index is 12.3. The van der Waals surface area contributed by atoms with E-state index in [1.54, 1.807) is 34.9 Å². The van der Waals surface area contributed by atoms with E-state index in [-0.39, 0.29) is 5.56 Å². The summed E-state index contributed by atoms with van der Waals surface area (Å²) in [4.78, 5) is 16.7. The van der Waals surface area contributed by atoms with Crippen LogP contribution in [0.3, 0.4) is 0 Å². The molecule has 0 spiro atoms. The summed E-state index contributed by atoms with van der Waals surface area (Å²) in [5, 5.41) is 2.79. The van der Waals surface area contributed by atoms with E-state index in [9.17, 15) is 4.79 Å². The van der Waals surface area contributed by atoms with Gasteiger partial charge in [-0.3, -0.25) is 9.36 Å². The number of thioether (sulfide) groups is 1. The summed E-state index contributed by atoms with van der Waals surface area (Å²) in [5.41, 5.74) is 1.54. The Bertz CT molecular complexity index is 1010. The van der Waals surface area contributed by atoms with Crippen LogP contribution in [0.4, 0.5) is 0 Å². The summed E-state index contributed by atoms with van der Waals surface area (Å²) in [6.45, 7) is 0.305. The average molecular weight is 446 g/mol. The minimum absolute atomic E-state index is 0.157. The molecule has 0 aliphatic rings. The van der Waals surface area contributed by atoms with Gasteiger partial charge in [0.25, 0.3) is 5.56 Å². The first-order valence-corrected chi connectivity index (χ1v) is 10.0. The van der Waals surface area contributed by atoms with Crippen LogP contribution in [-0.4, -0.2) is 9.55 Å². The van der Waals surface area contributed by atoms with Crippen molar-refractivity contribution in [2.24, 2.45) is 0 Å². The fourth-order valence-electron chi connectivity index (χ4n) is 2.28. The lowest BCUT2D eigenvalue weighted by atomic mass is 10.2. The number of nitrogens with zero attached hydrogens (tertiary/aromatic N) is 2. The highest BCUT2D eigenvalue weighted by Gasteiger charge is 2.11. The van der Waals surface area contributed by atoms with E-state index in [1.165, 1.54) is 24.0 Å². The molecule has 26 heavy (non-hydrogen) atoms. The van der Waals surface area contributed by atoms with Crippen molar-refractivity contribution >= 4 is 58.2 Å². The third-order valence-electron chi connectivity index (χ3n) is 3.61. The first kappa shape index (κ1) is 19.6. The largest absolute Gasteiger partial charge is 0.283 e. The van der Waals surface area contributed by atoms with Gasteiger partial charge in [0.2, 0.25) is 0 Å². The monoisotopic (exact) mass is 444 g/mol. The highest BCUT2D eigenvalue weighted by atomic mass is 35.5. The molecule has 3 rings (SSSR count). The van der Waals surface area contributed by atoms with Crippen molar-refractivity contribution in [1.82, 2.24) is 9.55 Å². The normalized spacial score (nSPS) is 10.9. The van der Waals surface area contributed by atoms with Crippen LogP contribution >= 0.6 is 58.2 Å². The first-order valence-electron chi connectivity index (χ1n) is 7.50. The fraction of sp³-hybridized carbons (Fsp3) is 0.111. The Balaban J connectivity index is 1.86. The number of rotatable bonds is 5. The third kappa shape index (κ3) is 4.76. The highest BCUT2D eigenvalue weighted by molar-refractivity contribution is 7.98. The maximum absolute atomic E-state index is 12.3. The van der Waals surface area contributed by atoms with Crippen molar-refractivity contribution in [2.75, 3.05) is 0 Å². The quantitative estimate of drug-likeness (QED) is 0.346. The van der Waals surface area contributed by atoms with E-state index >= 15 is 0 Å². The van der Waals surface area contributed by atoms with Gasteiger partial charge in [0.15, 0.2) is 5.16 Å². The van der Waals surface area contributed by atoms with E-state index in [1.807, 2.05) is 6.07 Å². The Kier molecular flexibility index (Phi) is 6.54. The Morgan fingerprint density at radius 3 is 2.12 bits per heavy atom. The lowest BCUT2D eigenvalue weighted by Crippen LogP contribution is -2.22. The Hall–Kier alpha value is -1.17. The minimum atomic E-state index is -0.157. The third-order valence-corrected chi connectivity index (χ3v) is 5.83. The molecule has 0 radical (unpaired) electrons. The second-order valence-corrected chi connectivity index (χ2v) is 8.04. The molecule has 134 valence electrons. The average Bonchev–Trinajstić information content (AvgIpc) is 2.58. The number of aromatic nitrogens is 2. The number of hydrogen-bond acceptors (Lipinski definition) is 3. The smallest absolute Gasteiger partial charge is 0.254 e. The minimum Gasteiger partial charge on any atom is -0.283 e. The van der Waals surface area contributed by atoms with E-state index in [4.69, 9.17) is 46.4 Å². The summed E-state index contributed by atoms with van der Waals surface area (Å²) in [6.07, 6.45) is 1.49. The zero-order chi connectivity index (χ0) is 18.7. The van der Waals surface area contributed by atoms with Gasteiger partial charge in [0, 0.05) is 38.1 Å². The SMILES string of the molecule is O=c1ccnc(SCc2ccc(Cl)cc2Cl)n1Cc1ccc(Cl)cc1Cl. The predicted octanol–water partition coefficient (Wildman–Crippen LogP) is 6.20. The second-order valence-electron chi connectivity index (χ2n) is 5.41. The van der Waals surface area contributed by atoms with E-state index < -0.39 is 0 Å². The molecule has 1 heterocycles. The van der Waals surface area contributed by atoms with Gasteiger partial charge in [-0.2, -0.15) is 0 Å². The van der Waals surface area contributed by atoms with Crippen molar-refractivity contribution in [2.45, 2.75) is 17.5 Å². The maximum Gasteiger partial charge on any atom is 0.254 e. The fourth-order valence-corrected chi connectivity index (χ4v) is 4.29.